The third-order valence-electron chi connectivity index (χ3n) is 3.15. The predicted molar refractivity (Wildman–Crippen MR) is 44.5 cm³/mol. The van der Waals surface area contributed by atoms with Gasteiger partial charge in [0, 0.05) is 0 Å². The molecule has 138 valence electrons. The molecule has 0 aliphatic carbocycles. The molecule has 0 saturated carbocycles. The van der Waals surface area contributed by atoms with E-state index in [1.807, 2.05) is 0 Å². The molecule has 15 heteroatoms. The molecule has 0 radical (unpaired) electrons. The van der Waals surface area contributed by atoms with Gasteiger partial charge in [0.15, 0.2) is 6.23 Å². The van der Waals surface area contributed by atoms with Crippen molar-refractivity contribution in [2.75, 3.05) is 7.05 Å². The summed E-state index contributed by atoms with van der Waals surface area (Å²) in [5, 5.41) is 9.00. The van der Waals surface area contributed by atoms with E-state index in [2.05, 4.69) is 4.74 Å². The molecular weight excluding hydrogens is 370 g/mol. The highest BCUT2D eigenvalue weighted by Gasteiger charge is 2.91. The molecule has 1 unspecified atom stereocenters. The van der Waals surface area contributed by atoms with Gasteiger partial charge in [-0.15, -0.1) is 0 Å². The van der Waals surface area contributed by atoms with Crippen LogP contribution in [0.1, 0.15) is 0 Å². The van der Waals surface area contributed by atoms with Gasteiger partial charge in [-0.2, -0.15) is 52.7 Å². The predicted octanol–water partition coefficient (Wildman–Crippen LogP) is 2.95. The SMILES string of the molecule is CN1C(O)C(C(F)(F)F)(C(F)(F)F)OC1(C(F)(F)F)C(F)(F)F. The van der Waals surface area contributed by atoms with E-state index in [1.54, 1.807) is 0 Å². The van der Waals surface area contributed by atoms with Crippen molar-refractivity contribution in [1.29, 1.82) is 0 Å². The summed E-state index contributed by atoms with van der Waals surface area (Å²) in [7, 11) is -0.426. The van der Waals surface area contributed by atoms with Crippen LogP contribution in [0.2, 0.25) is 0 Å². The van der Waals surface area contributed by atoms with Crippen LogP contribution in [0.25, 0.3) is 0 Å². The summed E-state index contributed by atoms with van der Waals surface area (Å²) < 4.78 is 155. The maximum atomic E-state index is 12.7. The number of aliphatic hydroxyl groups excluding tert-OH is 1. The second-order valence-corrected chi connectivity index (χ2v) is 4.46. The lowest BCUT2D eigenvalue weighted by Gasteiger charge is -2.38. The van der Waals surface area contributed by atoms with Crippen molar-refractivity contribution in [3.63, 3.8) is 0 Å². The molecular formula is C8H5F12NO2. The van der Waals surface area contributed by atoms with E-state index in [4.69, 9.17) is 5.11 Å². The van der Waals surface area contributed by atoms with E-state index in [-0.39, 0.29) is 0 Å². The van der Waals surface area contributed by atoms with E-state index in [9.17, 15) is 52.7 Å². The first-order chi connectivity index (χ1) is 9.77. The fraction of sp³-hybridized carbons (Fsp3) is 1.00. The molecule has 0 spiro atoms. The average Bonchev–Trinajstić information content (AvgIpc) is 2.47. The molecule has 0 aromatic heterocycles. The first kappa shape index (κ1) is 20.1. The van der Waals surface area contributed by atoms with Crippen molar-refractivity contribution in [3.05, 3.63) is 0 Å². The monoisotopic (exact) mass is 375 g/mol. The quantitative estimate of drug-likeness (QED) is 0.661. The number of hydrogen-bond donors (Lipinski definition) is 1. The van der Waals surface area contributed by atoms with Crippen molar-refractivity contribution >= 4 is 0 Å². The molecule has 0 aromatic carbocycles. The maximum absolute atomic E-state index is 12.7. The van der Waals surface area contributed by atoms with Crippen LogP contribution in [0, 0.1) is 0 Å². The lowest BCUT2D eigenvalue weighted by atomic mass is 10.0. The summed E-state index contributed by atoms with van der Waals surface area (Å²) in [4.78, 5) is -1.60. The molecule has 3 nitrogen and oxygen atoms in total. The fourth-order valence-electron chi connectivity index (χ4n) is 2.05. The van der Waals surface area contributed by atoms with Crippen LogP contribution in [0.3, 0.4) is 0 Å². The number of hydrogen-bond acceptors (Lipinski definition) is 3. The Morgan fingerprint density at radius 3 is 1.17 bits per heavy atom. The Morgan fingerprint density at radius 2 is 1.04 bits per heavy atom. The molecule has 0 bridgehead atoms. The van der Waals surface area contributed by atoms with Gasteiger partial charge in [0.1, 0.15) is 0 Å². The summed E-state index contributed by atoms with van der Waals surface area (Å²) in [5.74, 6) is 0. The van der Waals surface area contributed by atoms with Crippen LogP contribution < -0.4 is 0 Å². The molecule has 1 N–H and O–H groups in total. The molecule has 1 fully saturated rings. The van der Waals surface area contributed by atoms with Gasteiger partial charge in [-0.3, -0.25) is 0 Å². The van der Waals surface area contributed by atoms with Crippen molar-refractivity contribution in [2.45, 2.75) is 42.3 Å². The van der Waals surface area contributed by atoms with Crippen LogP contribution in [-0.2, 0) is 4.74 Å². The van der Waals surface area contributed by atoms with Crippen LogP contribution in [0.5, 0.6) is 0 Å². The smallest absolute Gasteiger partial charge is 0.374 e. The molecule has 1 aliphatic rings. The zero-order valence-electron chi connectivity index (χ0n) is 10.4. The minimum Gasteiger partial charge on any atom is -0.374 e. The Labute approximate surface area is 118 Å². The van der Waals surface area contributed by atoms with Gasteiger partial charge in [-0.1, -0.05) is 0 Å². The molecule has 1 rings (SSSR count). The largest absolute Gasteiger partial charge is 0.441 e. The molecule has 1 atom stereocenters. The third-order valence-corrected chi connectivity index (χ3v) is 3.15. The number of ether oxygens (including phenoxy) is 1. The highest BCUT2D eigenvalue weighted by Crippen LogP contribution is 2.62. The molecule has 0 amide bonds. The van der Waals surface area contributed by atoms with E-state index in [0.717, 1.165) is 0 Å². The highest BCUT2D eigenvalue weighted by atomic mass is 19.4. The van der Waals surface area contributed by atoms with Gasteiger partial charge >= 0.3 is 36.0 Å². The number of halogens is 12. The van der Waals surface area contributed by atoms with Gasteiger partial charge in [-0.05, 0) is 7.05 Å². The van der Waals surface area contributed by atoms with E-state index >= 15 is 0 Å². The molecule has 1 saturated heterocycles. The average molecular weight is 375 g/mol. The van der Waals surface area contributed by atoms with Crippen molar-refractivity contribution in [1.82, 2.24) is 4.90 Å². The first-order valence-corrected chi connectivity index (χ1v) is 5.15. The second-order valence-electron chi connectivity index (χ2n) is 4.46. The Balaban J connectivity index is 3.80. The molecule has 0 aromatic rings. The summed E-state index contributed by atoms with van der Waals surface area (Å²) in [5.41, 5.74) is -12.1. The minimum atomic E-state index is -6.84. The van der Waals surface area contributed by atoms with Gasteiger partial charge in [0.2, 0.25) is 0 Å². The fourth-order valence-corrected chi connectivity index (χ4v) is 2.05. The summed E-state index contributed by atoms with van der Waals surface area (Å²) in [6.45, 7) is 0. The van der Waals surface area contributed by atoms with Gasteiger partial charge in [-0.25, -0.2) is 4.90 Å². The van der Waals surface area contributed by atoms with Gasteiger partial charge in [0.25, 0.3) is 0 Å². The Morgan fingerprint density at radius 1 is 0.739 bits per heavy atom. The number of nitrogens with zero attached hydrogens (tertiary/aromatic N) is 1. The zero-order chi connectivity index (χ0) is 18.9. The van der Waals surface area contributed by atoms with Crippen LogP contribution in [-0.4, -0.2) is 59.3 Å². The van der Waals surface area contributed by atoms with Crippen molar-refractivity contribution in [2.24, 2.45) is 0 Å². The second kappa shape index (κ2) is 4.78. The molecule has 1 heterocycles. The number of alkyl halides is 12. The zero-order valence-corrected chi connectivity index (χ0v) is 10.4. The van der Waals surface area contributed by atoms with Gasteiger partial charge in [0.05, 0.1) is 0 Å². The lowest BCUT2D eigenvalue weighted by molar-refractivity contribution is -0.455. The Kier molecular flexibility index (Phi) is 4.18. The van der Waals surface area contributed by atoms with Crippen LogP contribution >= 0.6 is 0 Å². The van der Waals surface area contributed by atoms with Crippen molar-refractivity contribution < 1.29 is 62.5 Å². The van der Waals surface area contributed by atoms with E-state index < -0.39 is 54.2 Å². The summed E-state index contributed by atoms with van der Waals surface area (Å²) >= 11 is 0. The normalized spacial score (nSPS) is 26.6. The number of likely N-dealkylation sites (N-methyl/N-ethyl adjacent to an activating group) is 1. The topological polar surface area (TPSA) is 32.7 Å². The third kappa shape index (κ3) is 2.34. The van der Waals surface area contributed by atoms with Crippen molar-refractivity contribution in [3.8, 4) is 0 Å². The molecule has 1 aliphatic heterocycles. The lowest BCUT2D eigenvalue weighted by Crippen LogP contribution is -2.66. The van der Waals surface area contributed by atoms with E-state index in [1.165, 1.54) is 0 Å². The Hall–Kier alpha value is -0.960. The summed E-state index contributed by atoms with van der Waals surface area (Å²) in [6, 6.07) is 0. The standard InChI is InChI=1S/C8H5F12NO2/c1-21-2(22)3(5(9,10)11,6(12,13)14)23-4(21,7(15,16)17)8(18,19)20/h2,22H,1H3. The van der Waals surface area contributed by atoms with Crippen LogP contribution in [0.15, 0.2) is 0 Å². The number of rotatable bonds is 0. The Bertz CT molecular complexity index is 390. The first-order valence-electron chi connectivity index (χ1n) is 5.15. The molecule has 23 heavy (non-hydrogen) atoms. The summed E-state index contributed by atoms with van der Waals surface area (Å²) in [6.07, 6.45) is -31.6. The number of aliphatic hydroxyl groups is 1. The minimum absolute atomic E-state index is 0.426. The highest BCUT2D eigenvalue weighted by molar-refractivity contribution is 5.13. The van der Waals surface area contributed by atoms with E-state index in [0.29, 0.717) is 0 Å². The maximum Gasteiger partial charge on any atom is 0.441 e. The van der Waals surface area contributed by atoms with Gasteiger partial charge < -0.3 is 9.84 Å². The van der Waals surface area contributed by atoms with Crippen LogP contribution in [0.4, 0.5) is 52.7 Å².